The molecule has 2 aliphatic rings. The molecule has 0 aliphatic carbocycles. The topological polar surface area (TPSA) is 23.6 Å². The van der Waals surface area contributed by atoms with Gasteiger partial charge in [0.1, 0.15) is 5.78 Å². The van der Waals surface area contributed by atoms with Crippen molar-refractivity contribution in [1.29, 1.82) is 0 Å². The SMILES string of the molecule is CN1CCC(=O)CC1.CN1CCCS1. The van der Waals surface area contributed by atoms with Crippen molar-refractivity contribution >= 4 is 17.7 Å². The summed E-state index contributed by atoms with van der Waals surface area (Å²) in [5.74, 6) is 1.75. The fourth-order valence-corrected chi connectivity index (χ4v) is 2.27. The van der Waals surface area contributed by atoms with Crippen LogP contribution >= 0.6 is 11.9 Å². The first-order valence-electron chi connectivity index (χ1n) is 5.23. The maximum Gasteiger partial charge on any atom is 0.135 e. The fraction of sp³-hybridized carbons (Fsp3) is 0.900. The van der Waals surface area contributed by atoms with Gasteiger partial charge in [-0.2, -0.15) is 0 Å². The average molecular weight is 216 g/mol. The highest BCUT2D eigenvalue weighted by molar-refractivity contribution is 7.97. The molecule has 0 aromatic heterocycles. The summed E-state index contributed by atoms with van der Waals surface area (Å²) in [7, 11) is 4.18. The molecule has 0 saturated carbocycles. The van der Waals surface area contributed by atoms with E-state index >= 15 is 0 Å². The van der Waals surface area contributed by atoms with Gasteiger partial charge in [0.25, 0.3) is 0 Å². The average Bonchev–Trinajstić information content (AvgIpc) is 2.63. The van der Waals surface area contributed by atoms with Gasteiger partial charge in [-0.1, -0.05) is 11.9 Å². The highest BCUT2D eigenvalue weighted by Crippen LogP contribution is 2.15. The van der Waals surface area contributed by atoms with Gasteiger partial charge in [0, 0.05) is 38.2 Å². The number of ketones is 1. The molecule has 0 radical (unpaired) electrons. The smallest absolute Gasteiger partial charge is 0.135 e. The van der Waals surface area contributed by atoms with Crippen LogP contribution < -0.4 is 0 Å². The zero-order valence-electron chi connectivity index (χ0n) is 9.16. The van der Waals surface area contributed by atoms with Gasteiger partial charge in [-0.3, -0.25) is 9.10 Å². The number of carbonyl (C=O) groups excluding carboxylic acids is 1. The Bertz CT molecular complexity index is 171. The molecule has 82 valence electrons. The minimum atomic E-state index is 0.420. The molecule has 0 N–H and O–H groups in total. The van der Waals surface area contributed by atoms with E-state index in [0.29, 0.717) is 5.78 Å². The Morgan fingerprint density at radius 2 is 1.79 bits per heavy atom. The largest absolute Gasteiger partial charge is 0.305 e. The van der Waals surface area contributed by atoms with Crippen LogP contribution in [0.15, 0.2) is 0 Å². The predicted octanol–water partition coefficient (Wildman–Crippen LogP) is 1.25. The predicted molar refractivity (Wildman–Crippen MR) is 61.4 cm³/mol. The molecule has 0 amide bonds. The second-order valence-electron chi connectivity index (χ2n) is 3.88. The molecule has 0 atom stereocenters. The minimum absolute atomic E-state index is 0.420. The summed E-state index contributed by atoms with van der Waals surface area (Å²) in [6, 6.07) is 0. The Balaban J connectivity index is 0.000000146. The molecule has 2 saturated heterocycles. The molecule has 4 heteroatoms. The van der Waals surface area contributed by atoms with Crippen LogP contribution in [0.3, 0.4) is 0 Å². The third-order valence-electron chi connectivity index (χ3n) is 2.47. The summed E-state index contributed by atoms with van der Waals surface area (Å²) in [6.07, 6.45) is 2.90. The van der Waals surface area contributed by atoms with Crippen LogP contribution in [-0.4, -0.2) is 54.5 Å². The summed E-state index contributed by atoms with van der Waals surface area (Å²) in [4.78, 5) is 12.8. The van der Waals surface area contributed by atoms with E-state index in [1.165, 1.54) is 18.7 Å². The van der Waals surface area contributed by atoms with E-state index in [1.807, 2.05) is 19.0 Å². The van der Waals surface area contributed by atoms with E-state index in [2.05, 4.69) is 16.3 Å². The van der Waals surface area contributed by atoms with Crippen LogP contribution in [0.1, 0.15) is 19.3 Å². The maximum atomic E-state index is 10.6. The lowest BCUT2D eigenvalue weighted by Gasteiger charge is -2.19. The Kier molecular flexibility index (Phi) is 5.52. The summed E-state index contributed by atoms with van der Waals surface area (Å²) in [5.41, 5.74) is 0. The van der Waals surface area contributed by atoms with Crippen LogP contribution in [0.5, 0.6) is 0 Å². The van der Waals surface area contributed by atoms with Crippen molar-refractivity contribution in [3.8, 4) is 0 Å². The molecule has 0 spiro atoms. The molecule has 0 unspecified atom stereocenters. The Hall–Kier alpha value is -0.0600. The van der Waals surface area contributed by atoms with Gasteiger partial charge in [0.05, 0.1) is 0 Å². The van der Waals surface area contributed by atoms with E-state index in [-0.39, 0.29) is 0 Å². The third kappa shape index (κ3) is 4.98. The second kappa shape index (κ2) is 6.43. The molecule has 0 aromatic rings. The molecule has 0 aromatic carbocycles. The summed E-state index contributed by atoms with van der Waals surface area (Å²) in [6.45, 7) is 3.20. The first-order chi connectivity index (χ1) is 6.68. The van der Waals surface area contributed by atoms with E-state index in [0.717, 1.165) is 25.9 Å². The zero-order chi connectivity index (χ0) is 10.4. The summed E-state index contributed by atoms with van der Waals surface area (Å²) < 4.78 is 2.28. The van der Waals surface area contributed by atoms with Crippen LogP contribution in [-0.2, 0) is 4.79 Å². The van der Waals surface area contributed by atoms with Gasteiger partial charge in [0.2, 0.25) is 0 Å². The number of hydrogen-bond acceptors (Lipinski definition) is 4. The van der Waals surface area contributed by atoms with Crippen molar-refractivity contribution in [2.75, 3.05) is 39.5 Å². The summed E-state index contributed by atoms with van der Waals surface area (Å²) in [5, 5.41) is 0. The monoisotopic (exact) mass is 216 g/mol. The van der Waals surface area contributed by atoms with E-state index in [1.54, 1.807) is 0 Å². The molecule has 2 aliphatic heterocycles. The first-order valence-corrected chi connectivity index (χ1v) is 6.17. The molecular weight excluding hydrogens is 196 g/mol. The molecule has 2 fully saturated rings. The molecular formula is C10H20N2OS. The van der Waals surface area contributed by atoms with Crippen molar-refractivity contribution in [3.63, 3.8) is 0 Å². The molecule has 2 rings (SSSR count). The van der Waals surface area contributed by atoms with Crippen molar-refractivity contribution < 1.29 is 4.79 Å². The molecule has 3 nitrogen and oxygen atoms in total. The van der Waals surface area contributed by atoms with Crippen molar-refractivity contribution in [3.05, 3.63) is 0 Å². The lowest BCUT2D eigenvalue weighted by atomic mass is 10.1. The van der Waals surface area contributed by atoms with Crippen molar-refractivity contribution in [2.24, 2.45) is 0 Å². The fourth-order valence-electron chi connectivity index (χ4n) is 1.44. The number of rotatable bonds is 0. The molecule has 0 bridgehead atoms. The third-order valence-corrected chi connectivity index (χ3v) is 3.57. The maximum absolute atomic E-state index is 10.6. The lowest BCUT2D eigenvalue weighted by Crippen LogP contribution is -2.29. The number of Topliss-reactive ketones (excluding diaryl/α,β-unsaturated/α-hetero) is 1. The summed E-state index contributed by atoms with van der Waals surface area (Å²) >= 11 is 1.93. The van der Waals surface area contributed by atoms with Gasteiger partial charge in [0.15, 0.2) is 0 Å². The number of hydrogen-bond donors (Lipinski definition) is 0. The van der Waals surface area contributed by atoms with Gasteiger partial charge in [-0.25, -0.2) is 0 Å². The second-order valence-corrected chi connectivity index (χ2v) is 5.17. The van der Waals surface area contributed by atoms with Gasteiger partial charge < -0.3 is 4.90 Å². The Morgan fingerprint density at radius 3 is 2.07 bits per heavy atom. The van der Waals surface area contributed by atoms with E-state index in [9.17, 15) is 4.79 Å². The van der Waals surface area contributed by atoms with Crippen LogP contribution in [0.25, 0.3) is 0 Å². The van der Waals surface area contributed by atoms with Gasteiger partial charge in [-0.15, -0.1) is 0 Å². The number of likely N-dealkylation sites (tertiary alicyclic amines) is 1. The van der Waals surface area contributed by atoms with Gasteiger partial charge in [-0.05, 0) is 20.5 Å². The van der Waals surface area contributed by atoms with Crippen LogP contribution in [0.4, 0.5) is 0 Å². The highest BCUT2D eigenvalue weighted by atomic mass is 32.2. The molecule has 2 heterocycles. The van der Waals surface area contributed by atoms with E-state index in [4.69, 9.17) is 0 Å². The van der Waals surface area contributed by atoms with Crippen molar-refractivity contribution in [2.45, 2.75) is 19.3 Å². The quantitative estimate of drug-likeness (QED) is 0.569. The van der Waals surface area contributed by atoms with E-state index < -0.39 is 0 Å². The van der Waals surface area contributed by atoms with Crippen molar-refractivity contribution in [1.82, 2.24) is 9.21 Å². The van der Waals surface area contributed by atoms with Crippen LogP contribution in [0.2, 0.25) is 0 Å². The number of piperidine rings is 1. The lowest BCUT2D eigenvalue weighted by molar-refractivity contribution is -0.121. The normalized spacial score (nSPS) is 24.6. The zero-order valence-corrected chi connectivity index (χ0v) is 9.98. The number of nitrogens with zero attached hydrogens (tertiary/aromatic N) is 2. The minimum Gasteiger partial charge on any atom is -0.305 e. The number of carbonyl (C=O) groups is 1. The Labute approximate surface area is 91.0 Å². The molecule has 14 heavy (non-hydrogen) atoms. The van der Waals surface area contributed by atoms with Crippen LogP contribution in [0, 0.1) is 0 Å². The van der Waals surface area contributed by atoms with Gasteiger partial charge >= 0.3 is 0 Å². The standard InChI is InChI=1S/C6H11NO.C4H9NS/c1-7-4-2-6(8)3-5-7;1-5-3-2-4-6-5/h2-5H2,1H3;2-4H2,1H3. The Morgan fingerprint density at radius 1 is 1.14 bits per heavy atom. The first kappa shape index (κ1) is 12.0. The highest BCUT2D eigenvalue weighted by Gasteiger charge is 2.10.